The molecule has 2 aliphatic rings. The van der Waals surface area contributed by atoms with E-state index in [4.69, 9.17) is 9.47 Å². The van der Waals surface area contributed by atoms with E-state index in [1.807, 2.05) is 0 Å². The van der Waals surface area contributed by atoms with Crippen molar-refractivity contribution in [3.05, 3.63) is 48.6 Å². The van der Waals surface area contributed by atoms with Crippen molar-refractivity contribution in [1.82, 2.24) is 15.5 Å². The van der Waals surface area contributed by atoms with Crippen molar-refractivity contribution < 1.29 is 29.3 Å². The predicted molar refractivity (Wildman–Crippen MR) is 282 cm³/mol. The lowest BCUT2D eigenvalue weighted by Crippen LogP contribution is -2.37. The zero-order valence-electron chi connectivity index (χ0n) is 43.5. The topological polar surface area (TPSA) is 120 Å². The lowest BCUT2D eigenvalue weighted by molar-refractivity contribution is -0.179. The minimum absolute atomic E-state index is 0.000937. The maximum absolute atomic E-state index is 12.5. The maximum Gasteiger partial charge on any atom is 0.222 e. The number of unbranched alkanes of at least 4 members (excludes halogenated alkanes) is 22. The Morgan fingerprint density at radius 3 is 1.64 bits per heavy atom. The largest absolute Gasteiger partial charge is 0.394 e. The molecule has 0 aromatic carbocycles. The highest BCUT2D eigenvalue weighted by Gasteiger charge is 2.40. The van der Waals surface area contributed by atoms with Gasteiger partial charge >= 0.3 is 0 Å². The first-order chi connectivity index (χ1) is 32.9. The van der Waals surface area contributed by atoms with Crippen molar-refractivity contribution in [1.29, 1.82) is 0 Å². The average Bonchev–Trinajstić information content (AvgIpc) is 3.93. The Balaban J connectivity index is 1.57. The van der Waals surface area contributed by atoms with E-state index in [9.17, 15) is 19.8 Å². The molecule has 0 aliphatic carbocycles. The lowest BCUT2D eigenvalue weighted by atomic mass is 9.98. The Kier molecular flexibility index (Phi) is 39.7. The molecule has 2 aliphatic heterocycles. The van der Waals surface area contributed by atoms with E-state index in [1.165, 1.54) is 141 Å². The number of allylic oxidation sites excluding steroid dienone is 8. The zero-order chi connectivity index (χ0) is 48.1. The molecular weight excluding hydrogens is 835 g/mol. The van der Waals surface area contributed by atoms with Gasteiger partial charge in [0.1, 0.15) is 0 Å². The van der Waals surface area contributed by atoms with E-state index < -0.39 is 11.9 Å². The number of likely N-dealkylation sites (tertiary alicyclic amines) is 1. The Morgan fingerprint density at radius 1 is 0.597 bits per heavy atom. The SMILES string of the molecule is CCCCC/C=C\C/C=C\CCCCCCCCC1(CCCCCCCC/C=C\C/C=C\CCCCC)OCC(CCNCCCCCC(=O)NCCCCCC(=O)N2C[C@H](O)C[C@H]2CO)O1. The van der Waals surface area contributed by atoms with Crippen LogP contribution in [-0.4, -0.2) is 90.4 Å². The van der Waals surface area contributed by atoms with Gasteiger partial charge in [0.15, 0.2) is 5.79 Å². The van der Waals surface area contributed by atoms with Crippen molar-refractivity contribution in [2.75, 3.05) is 39.4 Å². The Labute approximate surface area is 412 Å². The molecule has 0 aromatic heterocycles. The van der Waals surface area contributed by atoms with Gasteiger partial charge in [0.25, 0.3) is 0 Å². The molecule has 9 heteroatoms. The minimum Gasteiger partial charge on any atom is -0.394 e. The third-order valence-corrected chi connectivity index (χ3v) is 13.6. The second-order valence-electron chi connectivity index (χ2n) is 19.9. The highest BCUT2D eigenvalue weighted by atomic mass is 16.7. The molecule has 2 saturated heterocycles. The van der Waals surface area contributed by atoms with E-state index in [1.54, 1.807) is 4.90 Å². The molecule has 4 N–H and O–H groups in total. The number of β-amino-alcohol motifs (C(OH)–C–C–N with tert-alkyl or cyclic N) is 1. The first-order valence-electron chi connectivity index (χ1n) is 28.4. The summed E-state index contributed by atoms with van der Waals surface area (Å²) in [5.41, 5.74) is 0. The summed E-state index contributed by atoms with van der Waals surface area (Å²) < 4.78 is 13.4. The van der Waals surface area contributed by atoms with Crippen LogP contribution >= 0.6 is 0 Å². The molecule has 67 heavy (non-hydrogen) atoms. The molecule has 0 bridgehead atoms. The summed E-state index contributed by atoms with van der Waals surface area (Å²) in [5, 5.41) is 25.9. The Bertz CT molecular complexity index is 1240. The van der Waals surface area contributed by atoms with Gasteiger partial charge in [0.05, 0.1) is 31.5 Å². The fraction of sp³-hybridized carbons (Fsp3) is 0.828. The average molecular weight is 940 g/mol. The summed E-state index contributed by atoms with van der Waals surface area (Å²) in [7, 11) is 0. The van der Waals surface area contributed by atoms with Crippen LogP contribution < -0.4 is 10.6 Å². The van der Waals surface area contributed by atoms with Crippen molar-refractivity contribution in [3.63, 3.8) is 0 Å². The zero-order valence-corrected chi connectivity index (χ0v) is 43.5. The van der Waals surface area contributed by atoms with Crippen LogP contribution in [0.2, 0.25) is 0 Å². The van der Waals surface area contributed by atoms with Gasteiger partial charge in [-0.05, 0) is 129 Å². The lowest BCUT2D eigenvalue weighted by Gasteiger charge is -2.28. The predicted octanol–water partition coefficient (Wildman–Crippen LogP) is 13.7. The van der Waals surface area contributed by atoms with Crippen molar-refractivity contribution in [2.24, 2.45) is 0 Å². The molecule has 0 radical (unpaired) electrons. The molecule has 2 heterocycles. The van der Waals surface area contributed by atoms with Crippen LogP contribution in [0.1, 0.15) is 245 Å². The molecule has 2 amide bonds. The van der Waals surface area contributed by atoms with Gasteiger partial charge in [-0.1, -0.05) is 152 Å². The third kappa shape index (κ3) is 33.8. The summed E-state index contributed by atoms with van der Waals surface area (Å²) in [6.07, 6.45) is 58.5. The fourth-order valence-electron chi connectivity index (χ4n) is 9.42. The molecule has 0 spiro atoms. The van der Waals surface area contributed by atoms with Crippen molar-refractivity contribution >= 4 is 11.8 Å². The van der Waals surface area contributed by atoms with Gasteiger partial charge in [0.2, 0.25) is 11.8 Å². The molecule has 388 valence electrons. The Morgan fingerprint density at radius 2 is 1.09 bits per heavy atom. The van der Waals surface area contributed by atoms with Crippen LogP contribution in [0.4, 0.5) is 0 Å². The first-order valence-corrected chi connectivity index (χ1v) is 28.4. The number of carbonyl (C=O) groups excluding carboxylic acids is 2. The molecule has 1 unspecified atom stereocenters. The number of ether oxygens (including phenoxy) is 2. The highest BCUT2D eigenvalue weighted by Crippen LogP contribution is 2.35. The fourth-order valence-corrected chi connectivity index (χ4v) is 9.42. The van der Waals surface area contributed by atoms with Crippen LogP contribution in [0, 0.1) is 0 Å². The third-order valence-electron chi connectivity index (χ3n) is 13.6. The molecule has 0 saturated carbocycles. The molecule has 9 nitrogen and oxygen atoms in total. The quantitative estimate of drug-likeness (QED) is 0.0354. The number of amides is 2. The number of hydrogen-bond acceptors (Lipinski definition) is 7. The van der Waals surface area contributed by atoms with Gasteiger partial charge in [-0.15, -0.1) is 0 Å². The van der Waals surface area contributed by atoms with E-state index in [-0.39, 0.29) is 30.6 Å². The number of nitrogens with zero attached hydrogens (tertiary/aromatic N) is 1. The second kappa shape index (κ2) is 43.7. The molecular formula is C58H105N3O6. The summed E-state index contributed by atoms with van der Waals surface area (Å²) in [6, 6.07) is -0.262. The summed E-state index contributed by atoms with van der Waals surface area (Å²) in [5.74, 6) is -0.300. The van der Waals surface area contributed by atoms with Crippen molar-refractivity contribution in [3.8, 4) is 0 Å². The van der Waals surface area contributed by atoms with Crippen LogP contribution in [-0.2, 0) is 19.1 Å². The van der Waals surface area contributed by atoms with E-state index in [2.05, 4.69) is 73.1 Å². The van der Waals surface area contributed by atoms with Crippen LogP contribution in [0.25, 0.3) is 0 Å². The number of aliphatic hydroxyl groups excluding tert-OH is 2. The molecule has 2 rings (SSSR count). The van der Waals surface area contributed by atoms with Gasteiger partial charge in [-0.25, -0.2) is 0 Å². The smallest absolute Gasteiger partial charge is 0.222 e. The molecule has 2 fully saturated rings. The minimum atomic E-state index is -0.538. The van der Waals surface area contributed by atoms with Gasteiger partial charge in [0, 0.05) is 38.8 Å². The van der Waals surface area contributed by atoms with E-state index in [0.29, 0.717) is 39.0 Å². The first kappa shape index (κ1) is 60.8. The molecule has 3 atom stereocenters. The van der Waals surface area contributed by atoms with E-state index >= 15 is 0 Å². The second-order valence-corrected chi connectivity index (χ2v) is 19.9. The summed E-state index contributed by atoms with van der Waals surface area (Å²) in [4.78, 5) is 26.4. The number of aliphatic hydroxyl groups is 2. The standard InChI is InChI=1S/C58H105N3O6/c1-3-5-7-9-11-13-15-17-19-21-23-25-27-29-31-37-44-58(45-38-32-30-28-26-24-22-20-18-16-14-12-10-8-6-4-2)66-52-55(67-58)43-48-59-46-39-33-35-41-56(64)60-47-40-34-36-42-57(65)61-50-54(63)49-53(61)51-62/h11-14,17-20,53-55,59,62-63H,3-10,15-16,21-52H2,1-2H3,(H,60,64)/b13-11-,14-12-,19-17-,20-18-/t53-,54+,55?/m0/s1. The summed E-state index contributed by atoms with van der Waals surface area (Å²) in [6.45, 7) is 7.95. The van der Waals surface area contributed by atoms with Crippen molar-refractivity contribution in [2.45, 2.75) is 269 Å². The maximum atomic E-state index is 12.5. The number of rotatable bonds is 46. The molecule has 0 aromatic rings. The highest BCUT2D eigenvalue weighted by molar-refractivity contribution is 5.77. The summed E-state index contributed by atoms with van der Waals surface area (Å²) >= 11 is 0. The van der Waals surface area contributed by atoms with Gasteiger partial charge in [-0.2, -0.15) is 0 Å². The number of hydrogen-bond donors (Lipinski definition) is 4. The van der Waals surface area contributed by atoms with Gasteiger partial charge in [-0.3, -0.25) is 9.59 Å². The monoisotopic (exact) mass is 940 g/mol. The number of nitrogens with one attached hydrogen (secondary N) is 2. The van der Waals surface area contributed by atoms with Gasteiger partial charge < -0.3 is 35.2 Å². The Hall–Kier alpha value is -2.30. The van der Waals surface area contributed by atoms with E-state index in [0.717, 1.165) is 83.7 Å². The normalized spacial score (nSPS) is 18.6. The van der Waals surface area contributed by atoms with Crippen LogP contribution in [0.15, 0.2) is 48.6 Å². The number of carbonyl (C=O) groups is 2. The van der Waals surface area contributed by atoms with Crippen LogP contribution in [0.5, 0.6) is 0 Å². The van der Waals surface area contributed by atoms with Crippen LogP contribution in [0.3, 0.4) is 0 Å².